The predicted octanol–water partition coefficient (Wildman–Crippen LogP) is 1.78. The zero-order valence-electron chi connectivity index (χ0n) is 8.92. The summed E-state index contributed by atoms with van der Waals surface area (Å²) in [4.78, 5) is 0. The van der Waals surface area contributed by atoms with Crippen LogP contribution in [0.25, 0.3) is 0 Å². The molecular weight excluding hydrogens is 162 g/mol. The van der Waals surface area contributed by atoms with E-state index in [0.717, 1.165) is 31.3 Å². The summed E-state index contributed by atoms with van der Waals surface area (Å²) in [6.45, 7) is 6.31. The van der Waals surface area contributed by atoms with Crippen LogP contribution in [0.4, 0.5) is 0 Å². The third-order valence-electron chi connectivity index (χ3n) is 3.18. The third-order valence-corrected chi connectivity index (χ3v) is 3.18. The van der Waals surface area contributed by atoms with Gasteiger partial charge in [-0.3, -0.25) is 0 Å². The molecule has 0 amide bonds. The van der Waals surface area contributed by atoms with Crippen LogP contribution in [0, 0.1) is 11.8 Å². The highest BCUT2D eigenvalue weighted by molar-refractivity contribution is 4.75. The van der Waals surface area contributed by atoms with Gasteiger partial charge in [0.15, 0.2) is 0 Å². The fourth-order valence-corrected chi connectivity index (χ4v) is 2.12. The molecule has 1 rings (SSSR count). The quantitative estimate of drug-likeness (QED) is 0.640. The second kappa shape index (κ2) is 5.61. The van der Waals surface area contributed by atoms with E-state index in [1.54, 1.807) is 0 Å². The molecule has 0 radical (unpaired) electrons. The number of nitrogens with one attached hydrogen (secondary N) is 1. The van der Waals surface area contributed by atoms with Gasteiger partial charge in [-0.1, -0.05) is 19.8 Å². The molecule has 2 heteroatoms. The van der Waals surface area contributed by atoms with Gasteiger partial charge in [0.25, 0.3) is 0 Å². The van der Waals surface area contributed by atoms with E-state index in [1.165, 1.54) is 19.3 Å². The van der Waals surface area contributed by atoms with Crippen LogP contribution in [-0.4, -0.2) is 24.3 Å². The Bertz CT molecular complexity index is 136. The van der Waals surface area contributed by atoms with E-state index >= 15 is 0 Å². The molecule has 0 saturated heterocycles. The van der Waals surface area contributed by atoms with E-state index in [4.69, 9.17) is 5.11 Å². The molecule has 1 saturated carbocycles. The summed E-state index contributed by atoms with van der Waals surface area (Å²) >= 11 is 0. The molecule has 0 aromatic carbocycles. The lowest BCUT2D eigenvalue weighted by atomic mass is 9.98. The molecule has 3 atom stereocenters. The first kappa shape index (κ1) is 11.0. The fourth-order valence-electron chi connectivity index (χ4n) is 2.12. The summed E-state index contributed by atoms with van der Waals surface area (Å²) in [7, 11) is 0. The molecule has 2 N–H and O–H groups in total. The Kier molecular flexibility index (Phi) is 4.74. The minimum absolute atomic E-state index is 0.159. The first-order valence-electron chi connectivity index (χ1n) is 5.59. The number of hydrogen-bond donors (Lipinski definition) is 2. The molecule has 0 spiro atoms. The van der Waals surface area contributed by atoms with Crippen molar-refractivity contribution in [1.82, 2.24) is 5.32 Å². The van der Waals surface area contributed by atoms with Crippen molar-refractivity contribution in [3.8, 4) is 0 Å². The van der Waals surface area contributed by atoms with Gasteiger partial charge in [0.1, 0.15) is 0 Å². The van der Waals surface area contributed by atoms with Crippen LogP contribution in [0.2, 0.25) is 0 Å². The van der Waals surface area contributed by atoms with E-state index in [9.17, 15) is 0 Å². The first-order chi connectivity index (χ1) is 6.20. The molecule has 1 fully saturated rings. The molecule has 0 aliphatic heterocycles. The lowest BCUT2D eigenvalue weighted by Crippen LogP contribution is -2.26. The van der Waals surface area contributed by atoms with Gasteiger partial charge in [-0.2, -0.15) is 0 Å². The van der Waals surface area contributed by atoms with Crippen LogP contribution in [0.1, 0.15) is 39.5 Å². The topological polar surface area (TPSA) is 32.3 Å². The van der Waals surface area contributed by atoms with Crippen LogP contribution in [0.15, 0.2) is 0 Å². The van der Waals surface area contributed by atoms with Crippen LogP contribution >= 0.6 is 0 Å². The molecule has 2 nitrogen and oxygen atoms in total. The predicted molar refractivity (Wildman–Crippen MR) is 55.7 cm³/mol. The molecular formula is C11H23NO. The molecule has 0 aromatic heterocycles. The summed E-state index contributed by atoms with van der Waals surface area (Å²) in [5.74, 6) is 1.79. The molecule has 0 bridgehead atoms. The number of aliphatic hydroxyl groups excluding tert-OH is 1. The van der Waals surface area contributed by atoms with E-state index in [1.807, 2.05) is 6.92 Å². The summed E-state index contributed by atoms with van der Waals surface area (Å²) in [6, 6.07) is 0. The van der Waals surface area contributed by atoms with Crippen molar-refractivity contribution < 1.29 is 5.11 Å². The highest BCUT2D eigenvalue weighted by Crippen LogP contribution is 2.30. The summed E-state index contributed by atoms with van der Waals surface area (Å²) in [6.07, 6.45) is 4.92. The molecule has 1 aliphatic carbocycles. The minimum Gasteiger partial charge on any atom is -0.393 e. The van der Waals surface area contributed by atoms with E-state index in [2.05, 4.69) is 12.2 Å². The van der Waals surface area contributed by atoms with Crippen molar-refractivity contribution in [3.05, 3.63) is 0 Å². The van der Waals surface area contributed by atoms with Gasteiger partial charge in [-0.05, 0) is 44.7 Å². The van der Waals surface area contributed by atoms with E-state index in [-0.39, 0.29) is 6.10 Å². The van der Waals surface area contributed by atoms with Crippen LogP contribution < -0.4 is 5.32 Å². The Balaban J connectivity index is 1.99. The van der Waals surface area contributed by atoms with Crippen molar-refractivity contribution in [2.24, 2.45) is 11.8 Å². The van der Waals surface area contributed by atoms with Crippen molar-refractivity contribution in [3.63, 3.8) is 0 Å². The van der Waals surface area contributed by atoms with Gasteiger partial charge >= 0.3 is 0 Å². The summed E-state index contributed by atoms with van der Waals surface area (Å²) in [5.41, 5.74) is 0. The standard InChI is InChI=1S/C11H23NO/c1-9-4-3-5-11(9)8-12-7-6-10(2)13/h9-13H,3-8H2,1-2H3. The Morgan fingerprint density at radius 3 is 2.77 bits per heavy atom. The summed E-state index contributed by atoms with van der Waals surface area (Å²) in [5, 5.41) is 12.5. The molecule has 13 heavy (non-hydrogen) atoms. The molecule has 0 heterocycles. The maximum Gasteiger partial charge on any atom is 0.0524 e. The van der Waals surface area contributed by atoms with Crippen LogP contribution in [0.3, 0.4) is 0 Å². The van der Waals surface area contributed by atoms with Gasteiger partial charge < -0.3 is 10.4 Å². The first-order valence-corrected chi connectivity index (χ1v) is 5.59. The minimum atomic E-state index is -0.159. The SMILES string of the molecule is CC(O)CCNCC1CCCC1C. The average Bonchev–Trinajstić information content (AvgIpc) is 2.45. The highest BCUT2D eigenvalue weighted by atomic mass is 16.3. The van der Waals surface area contributed by atoms with Gasteiger partial charge in [0, 0.05) is 0 Å². The fraction of sp³-hybridized carbons (Fsp3) is 1.00. The van der Waals surface area contributed by atoms with Crippen molar-refractivity contribution in [2.45, 2.75) is 45.6 Å². The molecule has 3 unspecified atom stereocenters. The van der Waals surface area contributed by atoms with Gasteiger partial charge in [-0.15, -0.1) is 0 Å². The van der Waals surface area contributed by atoms with Crippen LogP contribution in [-0.2, 0) is 0 Å². The van der Waals surface area contributed by atoms with Crippen molar-refractivity contribution >= 4 is 0 Å². The largest absolute Gasteiger partial charge is 0.393 e. The normalized spacial score (nSPS) is 30.7. The second-order valence-electron chi connectivity index (χ2n) is 4.51. The maximum absolute atomic E-state index is 9.06. The van der Waals surface area contributed by atoms with E-state index in [0.29, 0.717) is 0 Å². The lowest BCUT2D eigenvalue weighted by Gasteiger charge is -2.16. The van der Waals surface area contributed by atoms with E-state index < -0.39 is 0 Å². The Morgan fingerprint density at radius 2 is 2.23 bits per heavy atom. The Morgan fingerprint density at radius 1 is 1.46 bits per heavy atom. The maximum atomic E-state index is 9.06. The number of aliphatic hydroxyl groups is 1. The second-order valence-corrected chi connectivity index (χ2v) is 4.51. The zero-order valence-corrected chi connectivity index (χ0v) is 8.92. The lowest BCUT2D eigenvalue weighted by molar-refractivity contribution is 0.182. The number of hydrogen-bond acceptors (Lipinski definition) is 2. The average molecular weight is 185 g/mol. The smallest absolute Gasteiger partial charge is 0.0524 e. The molecule has 1 aliphatic rings. The van der Waals surface area contributed by atoms with Gasteiger partial charge in [0.2, 0.25) is 0 Å². The monoisotopic (exact) mass is 185 g/mol. The Hall–Kier alpha value is -0.0800. The van der Waals surface area contributed by atoms with Gasteiger partial charge in [0.05, 0.1) is 6.10 Å². The van der Waals surface area contributed by atoms with Gasteiger partial charge in [-0.25, -0.2) is 0 Å². The Labute approximate surface area is 81.7 Å². The summed E-state index contributed by atoms with van der Waals surface area (Å²) < 4.78 is 0. The number of rotatable bonds is 5. The highest BCUT2D eigenvalue weighted by Gasteiger charge is 2.22. The van der Waals surface area contributed by atoms with Crippen molar-refractivity contribution in [2.75, 3.05) is 13.1 Å². The molecule has 0 aromatic rings. The van der Waals surface area contributed by atoms with Crippen LogP contribution in [0.5, 0.6) is 0 Å². The third kappa shape index (κ3) is 4.10. The van der Waals surface area contributed by atoms with Crippen molar-refractivity contribution in [1.29, 1.82) is 0 Å². The molecule has 78 valence electrons. The zero-order chi connectivity index (χ0) is 9.68.